The number of aryl methyl sites for hydroxylation is 1. The highest BCUT2D eigenvalue weighted by molar-refractivity contribution is 5.49. The van der Waals surface area contributed by atoms with Crippen molar-refractivity contribution in [3.63, 3.8) is 0 Å². The fraction of sp³-hybridized carbons (Fsp3) is 0.733. The molecule has 20 heavy (non-hydrogen) atoms. The summed E-state index contributed by atoms with van der Waals surface area (Å²) in [5, 5.41) is 13.4. The number of nitrogens with zero attached hydrogens (tertiary/aromatic N) is 3. The second-order valence-corrected chi connectivity index (χ2v) is 5.66. The summed E-state index contributed by atoms with van der Waals surface area (Å²) < 4.78 is 0. The standard InChI is InChI=1S/C15H26N4O/c1-4-9-16-15-17-10-11(2)14(18-15)19(3)12-7-5-6-8-13(12)20/h10,12-13,20H,4-9H2,1-3H3,(H,16,17,18). The second-order valence-electron chi connectivity index (χ2n) is 5.66. The normalized spacial score (nSPS) is 22.6. The minimum Gasteiger partial charge on any atom is -0.391 e. The monoisotopic (exact) mass is 278 g/mol. The third-order valence-electron chi connectivity index (χ3n) is 4.00. The first-order valence-corrected chi connectivity index (χ1v) is 7.62. The first kappa shape index (κ1) is 15.0. The Hall–Kier alpha value is -1.36. The molecule has 1 aromatic heterocycles. The number of nitrogens with one attached hydrogen (secondary N) is 1. The predicted molar refractivity (Wildman–Crippen MR) is 82.2 cm³/mol. The minimum absolute atomic E-state index is 0.163. The summed E-state index contributed by atoms with van der Waals surface area (Å²) in [7, 11) is 2.03. The quantitative estimate of drug-likeness (QED) is 0.865. The average molecular weight is 278 g/mol. The molecule has 0 aliphatic heterocycles. The third kappa shape index (κ3) is 3.39. The number of likely N-dealkylation sites (N-methyl/N-ethyl adjacent to an activating group) is 1. The lowest BCUT2D eigenvalue weighted by Crippen LogP contribution is -2.44. The Bertz CT molecular complexity index is 438. The van der Waals surface area contributed by atoms with E-state index in [4.69, 9.17) is 0 Å². The van der Waals surface area contributed by atoms with Crippen molar-refractivity contribution >= 4 is 11.8 Å². The van der Waals surface area contributed by atoms with Crippen molar-refractivity contribution < 1.29 is 5.11 Å². The highest BCUT2D eigenvalue weighted by Crippen LogP contribution is 2.27. The van der Waals surface area contributed by atoms with E-state index in [9.17, 15) is 5.11 Å². The smallest absolute Gasteiger partial charge is 0.224 e. The summed E-state index contributed by atoms with van der Waals surface area (Å²) in [5.74, 6) is 1.59. The van der Waals surface area contributed by atoms with Gasteiger partial charge in [0.2, 0.25) is 5.95 Å². The van der Waals surface area contributed by atoms with Crippen LogP contribution in [0.3, 0.4) is 0 Å². The van der Waals surface area contributed by atoms with E-state index < -0.39 is 0 Å². The van der Waals surface area contributed by atoms with Gasteiger partial charge in [0.15, 0.2) is 0 Å². The molecule has 0 saturated heterocycles. The van der Waals surface area contributed by atoms with Gasteiger partial charge < -0.3 is 15.3 Å². The predicted octanol–water partition coefficient (Wildman–Crippen LogP) is 2.35. The Balaban J connectivity index is 2.16. The Morgan fingerprint density at radius 3 is 2.85 bits per heavy atom. The number of aliphatic hydroxyl groups is 1. The molecule has 1 aliphatic carbocycles. The molecule has 2 atom stereocenters. The molecule has 5 nitrogen and oxygen atoms in total. The molecule has 1 aromatic rings. The molecule has 112 valence electrons. The maximum Gasteiger partial charge on any atom is 0.224 e. The fourth-order valence-electron chi connectivity index (χ4n) is 2.81. The van der Waals surface area contributed by atoms with Crippen LogP contribution in [0.5, 0.6) is 0 Å². The first-order chi connectivity index (χ1) is 9.63. The summed E-state index contributed by atoms with van der Waals surface area (Å²) in [6, 6.07) is 0.163. The largest absolute Gasteiger partial charge is 0.391 e. The van der Waals surface area contributed by atoms with E-state index >= 15 is 0 Å². The van der Waals surface area contributed by atoms with Crippen LogP contribution in [0.1, 0.15) is 44.6 Å². The molecule has 1 heterocycles. The molecule has 1 saturated carbocycles. The number of hydrogen-bond donors (Lipinski definition) is 2. The van der Waals surface area contributed by atoms with Crippen molar-refractivity contribution in [1.82, 2.24) is 9.97 Å². The van der Waals surface area contributed by atoms with Crippen molar-refractivity contribution in [3.8, 4) is 0 Å². The Labute approximate surface area is 121 Å². The number of aromatic nitrogens is 2. The molecular weight excluding hydrogens is 252 g/mol. The van der Waals surface area contributed by atoms with Crippen molar-refractivity contribution in [1.29, 1.82) is 0 Å². The summed E-state index contributed by atoms with van der Waals surface area (Å²) in [5.41, 5.74) is 1.05. The van der Waals surface area contributed by atoms with E-state index in [1.54, 1.807) is 0 Å². The van der Waals surface area contributed by atoms with Crippen LogP contribution >= 0.6 is 0 Å². The molecule has 1 fully saturated rings. The first-order valence-electron chi connectivity index (χ1n) is 7.62. The van der Waals surface area contributed by atoms with Crippen LogP contribution in [0.15, 0.2) is 6.20 Å². The van der Waals surface area contributed by atoms with Gasteiger partial charge in [-0.25, -0.2) is 4.98 Å². The molecule has 0 bridgehead atoms. The van der Waals surface area contributed by atoms with Crippen molar-refractivity contribution in [2.45, 2.75) is 58.1 Å². The number of anilines is 2. The highest BCUT2D eigenvalue weighted by atomic mass is 16.3. The van der Waals surface area contributed by atoms with Gasteiger partial charge in [-0.05, 0) is 26.2 Å². The van der Waals surface area contributed by atoms with Crippen molar-refractivity contribution in [2.24, 2.45) is 0 Å². The summed E-state index contributed by atoms with van der Waals surface area (Å²) in [6.07, 6.45) is 6.86. The third-order valence-corrected chi connectivity index (χ3v) is 4.00. The van der Waals surface area contributed by atoms with Gasteiger partial charge in [0.1, 0.15) is 5.82 Å². The van der Waals surface area contributed by atoms with E-state index in [2.05, 4.69) is 27.1 Å². The van der Waals surface area contributed by atoms with E-state index in [1.807, 2.05) is 20.2 Å². The lowest BCUT2D eigenvalue weighted by Gasteiger charge is -2.36. The lowest BCUT2D eigenvalue weighted by molar-refractivity contribution is 0.106. The van der Waals surface area contributed by atoms with Gasteiger partial charge in [-0.3, -0.25) is 0 Å². The highest BCUT2D eigenvalue weighted by Gasteiger charge is 2.28. The zero-order valence-electron chi connectivity index (χ0n) is 12.8. The number of rotatable bonds is 5. The maximum atomic E-state index is 10.2. The van der Waals surface area contributed by atoms with Crippen molar-refractivity contribution in [3.05, 3.63) is 11.8 Å². The molecule has 2 rings (SSSR count). The summed E-state index contributed by atoms with van der Waals surface area (Å²) in [4.78, 5) is 11.0. The molecule has 2 N–H and O–H groups in total. The molecule has 0 amide bonds. The molecule has 0 aromatic carbocycles. The van der Waals surface area contributed by atoms with Crippen LogP contribution in [0.4, 0.5) is 11.8 Å². The van der Waals surface area contributed by atoms with E-state index in [-0.39, 0.29) is 12.1 Å². The van der Waals surface area contributed by atoms with Crippen LogP contribution in [0.25, 0.3) is 0 Å². The van der Waals surface area contributed by atoms with Gasteiger partial charge in [0.25, 0.3) is 0 Å². The van der Waals surface area contributed by atoms with Gasteiger partial charge in [0.05, 0.1) is 12.1 Å². The summed E-state index contributed by atoms with van der Waals surface area (Å²) in [6.45, 7) is 5.01. The molecule has 2 unspecified atom stereocenters. The van der Waals surface area contributed by atoms with Gasteiger partial charge in [-0.15, -0.1) is 0 Å². The molecular formula is C15H26N4O. The lowest BCUT2D eigenvalue weighted by atomic mass is 9.91. The topological polar surface area (TPSA) is 61.3 Å². The van der Waals surface area contributed by atoms with Gasteiger partial charge in [0, 0.05) is 25.4 Å². The molecule has 5 heteroatoms. The Morgan fingerprint density at radius 1 is 1.40 bits per heavy atom. The average Bonchev–Trinajstić information content (AvgIpc) is 2.46. The van der Waals surface area contributed by atoms with Crippen molar-refractivity contribution in [2.75, 3.05) is 23.8 Å². The number of hydrogen-bond acceptors (Lipinski definition) is 5. The van der Waals surface area contributed by atoms with Crippen LogP contribution in [0.2, 0.25) is 0 Å². The van der Waals surface area contributed by atoms with Crippen LogP contribution in [0, 0.1) is 6.92 Å². The molecule has 0 radical (unpaired) electrons. The van der Waals surface area contributed by atoms with Gasteiger partial charge >= 0.3 is 0 Å². The number of aliphatic hydroxyl groups excluding tert-OH is 1. The second kappa shape index (κ2) is 6.88. The molecule has 0 spiro atoms. The SMILES string of the molecule is CCCNc1ncc(C)c(N(C)C2CCCCC2O)n1. The minimum atomic E-state index is -0.254. The Kier molecular flexibility index (Phi) is 5.17. The van der Waals surface area contributed by atoms with Gasteiger partial charge in [-0.1, -0.05) is 19.8 Å². The van der Waals surface area contributed by atoms with E-state index in [0.29, 0.717) is 5.95 Å². The zero-order chi connectivity index (χ0) is 14.5. The van der Waals surface area contributed by atoms with Crippen LogP contribution in [-0.4, -0.2) is 40.8 Å². The maximum absolute atomic E-state index is 10.2. The zero-order valence-corrected chi connectivity index (χ0v) is 12.8. The van der Waals surface area contributed by atoms with E-state index in [1.165, 1.54) is 6.42 Å². The summed E-state index contributed by atoms with van der Waals surface area (Å²) >= 11 is 0. The fourth-order valence-corrected chi connectivity index (χ4v) is 2.81. The Morgan fingerprint density at radius 2 is 2.15 bits per heavy atom. The van der Waals surface area contributed by atoms with Crippen LogP contribution < -0.4 is 10.2 Å². The van der Waals surface area contributed by atoms with Crippen LogP contribution in [-0.2, 0) is 0 Å². The van der Waals surface area contributed by atoms with Gasteiger partial charge in [-0.2, -0.15) is 4.98 Å². The molecule has 1 aliphatic rings. The van der Waals surface area contributed by atoms with E-state index in [0.717, 1.165) is 43.6 Å².